The summed E-state index contributed by atoms with van der Waals surface area (Å²) in [5.41, 5.74) is 0. The summed E-state index contributed by atoms with van der Waals surface area (Å²) < 4.78 is 0. The third-order valence-electron chi connectivity index (χ3n) is 3.42. The monoisotopic (exact) mass is 229 g/mol. The predicted molar refractivity (Wildman–Crippen MR) is 63.0 cm³/mol. The average Bonchev–Trinajstić information content (AvgIpc) is 2.25. The van der Waals surface area contributed by atoms with E-state index in [0.717, 1.165) is 6.42 Å². The molecule has 2 N–H and O–H groups in total. The first-order valence-corrected chi connectivity index (χ1v) is 5.84. The minimum absolute atomic E-state index is 0.0602. The van der Waals surface area contributed by atoms with Gasteiger partial charge in [0.2, 0.25) is 5.91 Å². The van der Waals surface area contributed by atoms with Crippen LogP contribution in [0.4, 0.5) is 0 Å². The fraction of sp³-hybridized carbons (Fsp3) is 0.833. The fourth-order valence-electron chi connectivity index (χ4n) is 1.31. The molecule has 0 fully saturated rings. The molecule has 94 valence electrons. The van der Waals surface area contributed by atoms with Crippen molar-refractivity contribution in [2.45, 2.75) is 47.1 Å². The Balaban J connectivity index is 4.29. The SMILES string of the molecule is CCC(C)C(C)C(=O)NC(C)C(C)C(=O)O. The van der Waals surface area contributed by atoms with E-state index >= 15 is 0 Å². The molecule has 1 amide bonds. The maximum absolute atomic E-state index is 11.8. The van der Waals surface area contributed by atoms with E-state index in [4.69, 9.17) is 5.11 Å². The highest BCUT2D eigenvalue weighted by atomic mass is 16.4. The van der Waals surface area contributed by atoms with Gasteiger partial charge in [-0.05, 0) is 19.8 Å². The van der Waals surface area contributed by atoms with Crippen molar-refractivity contribution >= 4 is 11.9 Å². The second-order valence-electron chi connectivity index (χ2n) is 4.60. The zero-order chi connectivity index (χ0) is 12.9. The molecule has 0 aromatic carbocycles. The Labute approximate surface area is 97.4 Å². The highest BCUT2D eigenvalue weighted by Gasteiger charge is 2.24. The summed E-state index contributed by atoms with van der Waals surface area (Å²) >= 11 is 0. The number of hydrogen-bond donors (Lipinski definition) is 2. The molecule has 0 heterocycles. The van der Waals surface area contributed by atoms with Gasteiger partial charge < -0.3 is 10.4 Å². The summed E-state index contributed by atoms with van der Waals surface area (Å²) in [5, 5.41) is 11.6. The number of rotatable bonds is 6. The van der Waals surface area contributed by atoms with Crippen LogP contribution < -0.4 is 5.32 Å². The zero-order valence-corrected chi connectivity index (χ0v) is 10.8. The van der Waals surface area contributed by atoms with Gasteiger partial charge in [0.05, 0.1) is 5.92 Å². The van der Waals surface area contributed by atoms with Crippen LogP contribution in [0.1, 0.15) is 41.0 Å². The van der Waals surface area contributed by atoms with Crippen molar-refractivity contribution in [1.82, 2.24) is 5.32 Å². The van der Waals surface area contributed by atoms with Crippen LogP contribution in [0.5, 0.6) is 0 Å². The lowest BCUT2D eigenvalue weighted by atomic mass is 9.92. The summed E-state index contributed by atoms with van der Waals surface area (Å²) in [6.07, 6.45) is 0.942. The highest BCUT2D eigenvalue weighted by molar-refractivity contribution is 5.80. The van der Waals surface area contributed by atoms with E-state index in [-0.39, 0.29) is 17.9 Å². The number of nitrogens with one attached hydrogen (secondary N) is 1. The van der Waals surface area contributed by atoms with E-state index in [1.54, 1.807) is 13.8 Å². The maximum Gasteiger partial charge on any atom is 0.308 e. The number of hydrogen-bond acceptors (Lipinski definition) is 2. The summed E-state index contributed by atoms with van der Waals surface area (Å²) in [4.78, 5) is 22.5. The van der Waals surface area contributed by atoms with Crippen LogP contribution >= 0.6 is 0 Å². The van der Waals surface area contributed by atoms with E-state index in [1.165, 1.54) is 0 Å². The van der Waals surface area contributed by atoms with Crippen LogP contribution in [0.2, 0.25) is 0 Å². The van der Waals surface area contributed by atoms with Gasteiger partial charge >= 0.3 is 5.97 Å². The van der Waals surface area contributed by atoms with Crippen LogP contribution in [0, 0.1) is 17.8 Å². The number of carbonyl (C=O) groups excluding carboxylic acids is 1. The van der Waals surface area contributed by atoms with E-state index in [9.17, 15) is 9.59 Å². The molecule has 4 unspecified atom stereocenters. The standard InChI is InChI=1S/C12H23NO3/c1-6-7(2)8(3)11(14)13-10(5)9(4)12(15)16/h7-10H,6H2,1-5H3,(H,13,14)(H,15,16). The molecule has 0 radical (unpaired) electrons. The predicted octanol–water partition coefficient (Wildman–Crippen LogP) is 1.89. The molecular weight excluding hydrogens is 206 g/mol. The smallest absolute Gasteiger partial charge is 0.308 e. The van der Waals surface area contributed by atoms with E-state index in [1.807, 2.05) is 20.8 Å². The lowest BCUT2D eigenvalue weighted by Crippen LogP contribution is -2.43. The number of carbonyl (C=O) groups is 2. The van der Waals surface area contributed by atoms with Gasteiger partial charge in [-0.2, -0.15) is 0 Å². The van der Waals surface area contributed by atoms with Crippen LogP contribution in [-0.2, 0) is 9.59 Å². The van der Waals surface area contributed by atoms with Crippen LogP contribution in [0.25, 0.3) is 0 Å². The molecule has 0 aliphatic carbocycles. The molecule has 16 heavy (non-hydrogen) atoms. The van der Waals surface area contributed by atoms with Crippen LogP contribution in [0.3, 0.4) is 0 Å². The van der Waals surface area contributed by atoms with Gasteiger partial charge in [-0.3, -0.25) is 9.59 Å². The molecule has 4 atom stereocenters. The van der Waals surface area contributed by atoms with Crippen LogP contribution in [-0.4, -0.2) is 23.0 Å². The normalized spacial score (nSPS) is 18.3. The largest absolute Gasteiger partial charge is 0.481 e. The topological polar surface area (TPSA) is 66.4 Å². The molecule has 0 spiro atoms. The number of carboxylic acid groups (broad SMARTS) is 1. The van der Waals surface area contributed by atoms with E-state index < -0.39 is 11.9 Å². The summed E-state index contributed by atoms with van der Waals surface area (Å²) in [7, 11) is 0. The van der Waals surface area contributed by atoms with Crippen molar-refractivity contribution in [1.29, 1.82) is 0 Å². The molecular formula is C12H23NO3. The van der Waals surface area contributed by atoms with Gasteiger partial charge in [-0.1, -0.05) is 27.2 Å². The third kappa shape index (κ3) is 4.21. The average molecular weight is 229 g/mol. The summed E-state index contributed by atoms with van der Waals surface area (Å²) in [6.45, 7) is 9.26. The Morgan fingerprint density at radius 3 is 2.00 bits per heavy atom. The van der Waals surface area contributed by atoms with Crippen molar-refractivity contribution in [2.75, 3.05) is 0 Å². The second kappa shape index (κ2) is 6.51. The molecule has 0 aromatic rings. The van der Waals surface area contributed by atoms with Gasteiger partial charge in [0.25, 0.3) is 0 Å². The van der Waals surface area contributed by atoms with E-state index in [2.05, 4.69) is 5.32 Å². The Morgan fingerprint density at radius 2 is 1.62 bits per heavy atom. The van der Waals surface area contributed by atoms with Crippen molar-refractivity contribution in [3.05, 3.63) is 0 Å². The quantitative estimate of drug-likeness (QED) is 0.731. The van der Waals surface area contributed by atoms with Gasteiger partial charge in [-0.25, -0.2) is 0 Å². The third-order valence-corrected chi connectivity index (χ3v) is 3.42. The van der Waals surface area contributed by atoms with Gasteiger partial charge in [0, 0.05) is 12.0 Å². The maximum atomic E-state index is 11.8. The van der Waals surface area contributed by atoms with Crippen LogP contribution in [0.15, 0.2) is 0 Å². The first kappa shape index (κ1) is 14.9. The Morgan fingerprint density at radius 1 is 1.12 bits per heavy atom. The molecule has 4 nitrogen and oxygen atoms in total. The first-order valence-electron chi connectivity index (χ1n) is 5.84. The zero-order valence-electron chi connectivity index (χ0n) is 10.8. The second-order valence-corrected chi connectivity index (χ2v) is 4.60. The van der Waals surface area contributed by atoms with Gasteiger partial charge in [-0.15, -0.1) is 0 Å². The molecule has 0 aliphatic heterocycles. The van der Waals surface area contributed by atoms with Crippen molar-refractivity contribution in [3.8, 4) is 0 Å². The minimum atomic E-state index is -0.885. The van der Waals surface area contributed by atoms with Gasteiger partial charge in [0.15, 0.2) is 0 Å². The Bertz CT molecular complexity index is 253. The lowest BCUT2D eigenvalue weighted by molar-refractivity contribution is -0.142. The van der Waals surface area contributed by atoms with Crippen molar-refractivity contribution in [3.63, 3.8) is 0 Å². The lowest BCUT2D eigenvalue weighted by Gasteiger charge is -2.23. The molecule has 0 rings (SSSR count). The Hall–Kier alpha value is -1.06. The van der Waals surface area contributed by atoms with E-state index in [0.29, 0.717) is 5.92 Å². The van der Waals surface area contributed by atoms with Crippen molar-refractivity contribution < 1.29 is 14.7 Å². The molecule has 0 saturated carbocycles. The molecule has 0 bridgehead atoms. The molecule has 0 saturated heterocycles. The van der Waals surface area contributed by atoms with Crippen molar-refractivity contribution in [2.24, 2.45) is 17.8 Å². The molecule has 4 heteroatoms. The fourth-order valence-corrected chi connectivity index (χ4v) is 1.31. The number of carboxylic acids is 1. The van der Waals surface area contributed by atoms with Gasteiger partial charge in [0.1, 0.15) is 0 Å². The first-order chi connectivity index (χ1) is 7.31. The molecule has 0 aliphatic rings. The Kier molecular flexibility index (Phi) is 6.08. The molecule has 0 aromatic heterocycles. The highest BCUT2D eigenvalue weighted by Crippen LogP contribution is 2.15. The minimum Gasteiger partial charge on any atom is -0.481 e. The number of amides is 1. The summed E-state index contributed by atoms with van der Waals surface area (Å²) in [6, 6.07) is -0.337. The number of aliphatic carboxylic acids is 1. The summed E-state index contributed by atoms with van der Waals surface area (Å²) in [5.74, 6) is -1.27.